The lowest BCUT2D eigenvalue weighted by atomic mass is 9.96. The van der Waals surface area contributed by atoms with E-state index in [4.69, 9.17) is 4.98 Å². The highest BCUT2D eigenvalue weighted by Gasteiger charge is 2.40. The summed E-state index contributed by atoms with van der Waals surface area (Å²) in [5, 5.41) is 16.4. The molecule has 3 aromatic rings. The monoisotopic (exact) mass is 457 g/mol. The maximum absolute atomic E-state index is 9.43. The Morgan fingerprint density at radius 2 is 1.79 bits per heavy atom. The molecule has 0 radical (unpaired) electrons. The van der Waals surface area contributed by atoms with Crippen molar-refractivity contribution in [1.82, 2.24) is 20.2 Å². The number of aromatic hydroxyl groups is 1. The van der Waals surface area contributed by atoms with Gasteiger partial charge in [0, 0.05) is 43.0 Å². The largest absolute Gasteiger partial charge is 0.508 e. The van der Waals surface area contributed by atoms with E-state index >= 15 is 0 Å². The molecular weight excluding hydrogens is 422 g/mol. The Hall–Kier alpha value is -2.96. The highest BCUT2D eigenvalue weighted by Crippen LogP contribution is 2.37. The summed E-state index contributed by atoms with van der Waals surface area (Å²) in [6.07, 6.45) is 7.87. The van der Waals surface area contributed by atoms with Crippen LogP contribution in [-0.4, -0.2) is 51.2 Å². The van der Waals surface area contributed by atoms with Crippen LogP contribution in [0.15, 0.2) is 60.8 Å². The average Bonchev–Trinajstić information content (AvgIpc) is 3.08. The second-order valence-corrected chi connectivity index (χ2v) is 9.59. The molecule has 0 spiro atoms. The van der Waals surface area contributed by atoms with Crippen molar-refractivity contribution in [3.05, 3.63) is 71.9 Å². The van der Waals surface area contributed by atoms with Crippen molar-refractivity contribution in [2.75, 3.05) is 18.4 Å². The first-order chi connectivity index (χ1) is 16.7. The summed E-state index contributed by atoms with van der Waals surface area (Å²) in [7, 11) is 0. The molecular formula is C28H35N5O. The number of hydrogen-bond donors (Lipinski definition) is 3. The Kier molecular flexibility index (Phi) is 7.07. The minimum absolute atomic E-state index is 0.292. The fraction of sp³-hybridized carbons (Fsp3) is 0.429. The van der Waals surface area contributed by atoms with Gasteiger partial charge < -0.3 is 15.7 Å². The third-order valence-electron chi connectivity index (χ3n) is 7.25. The molecule has 2 fully saturated rings. The van der Waals surface area contributed by atoms with Crippen LogP contribution in [0.25, 0.3) is 11.3 Å². The van der Waals surface area contributed by atoms with Crippen LogP contribution in [0.5, 0.6) is 5.75 Å². The van der Waals surface area contributed by atoms with Crippen molar-refractivity contribution in [1.29, 1.82) is 0 Å². The SMILES string of the molecule is CCNC1CC2CCC(C1)N2Cc1cccc(-c2ccnc(NCCc3ccc(O)cc3)n2)c1. The van der Waals surface area contributed by atoms with Crippen molar-refractivity contribution in [2.24, 2.45) is 0 Å². The van der Waals surface area contributed by atoms with Crippen molar-refractivity contribution in [3.63, 3.8) is 0 Å². The van der Waals surface area contributed by atoms with Crippen molar-refractivity contribution < 1.29 is 5.11 Å². The molecule has 6 nitrogen and oxygen atoms in total. The molecule has 3 heterocycles. The first-order valence-electron chi connectivity index (χ1n) is 12.6. The third kappa shape index (κ3) is 5.40. The zero-order chi connectivity index (χ0) is 23.3. The van der Waals surface area contributed by atoms with E-state index in [1.165, 1.54) is 31.2 Å². The van der Waals surface area contributed by atoms with Gasteiger partial charge in [0.1, 0.15) is 5.75 Å². The molecule has 3 N–H and O–H groups in total. The predicted octanol–water partition coefficient (Wildman–Crippen LogP) is 4.61. The van der Waals surface area contributed by atoms with Crippen LogP contribution < -0.4 is 10.6 Å². The number of fused-ring (bicyclic) bond motifs is 2. The summed E-state index contributed by atoms with van der Waals surface area (Å²) in [5.41, 5.74) is 4.60. The van der Waals surface area contributed by atoms with Gasteiger partial charge >= 0.3 is 0 Å². The van der Waals surface area contributed by atoms with Crippen molar-refractivity contribution in [2.45, 2.75) is 63.7 Å². The molecule has 0 saturated carbocycles. The number of phenols is 1. The lowest BCUT2D eigenvalue weighted by Gasteiger charge is -2.39. The lowest BCUT2D eigenvalue weighted by Crippen LogP contribution is -2.48. The highest BCUT2D eigenvalue weighted by molar-refractivity contribution is 5.61. The first kappa shape index (κ1) is 22.8. The van der Waals surface area contributed by atoms with Gasteiger partial charge in [0.15, 0.2) is 0 Å². The smallest absolute Gasteiger partial charge is 0.223 e. The molecule has 2 aromatic carbocycles. The van der Waals surface area contributed by atoms with Crippen LogP contribution in [0.3, 0.4) is 0 Å². The van der Waals surface area contributed by atoms with E-state index < -0.39 is 0 Å². The average molecular weight is 458 g/mol. The van der Waals surface area contributed by atoms with Gasteiger partial charge in [-0.2, -0.15) is 0 Å². The number of phenolic OH excluding ortho intramolecular Hbond substituents is 1. The molecule has 2 unspecified atom stereocenters. The van der Waals surface area contributed by atoms with Gasteiger partial charge in [-0.3, -0.25) is 4.90 Å². The van der Waals surface area contributed by atoms with E-state index in [0.717, 1.165) is 42.9 Å². The van der Waals surface area contributed by atoms with E-state index in [1.807, 2.05) is 24.4 Å². The highest BCUT2D eigenvalue weighted by atomic mass is 16.3. The zero-order valence-corrected chi connectivity index (χ0v) is 20.0. The van der Waals surface area contributed by atoms with E-state index in [2.05, 4.69) is 51.7 Å². The maximum atomic E-state index is 9.43. The van der Waals surface area contributed by atoms with E-state index in [0.29, 0.717) is 29.8 Å². The Morgan fingerprint density at radius 1 is 1.00 bits per heavy atom. The van der Waals surface area contributed by atoms with Gasteiger partial charge in [0.25, 0.3) is 0 Å². The molecule has 2 aliphatic rings. The molecule has 2 atom stereocenters. The predicted molar refractivity (Wildman–Crippen MR) is 137 cm³/mol. The van der Waals surface area contributed by atoms with Crippen LogP contribution >= 0.6 is 0 Å². The Bertz CT molecular complexity index is 1070. The second kappa shape index (κ2) is 10.5. The Balaban J connectivity index is 1.22. The van der Waals surface area contributed by atoms with Crippen LogP contribution in [0, 0.1) is 0 Å². The number of hydrogen-bond acceptors (Lipinski definition) is 6. The summed E-state index contributed by atoms with van der Waals surface area (Å²) in [4.78, 5) is 11.9. The molecule has 34 heavy (non-hydrogen) atoms. The quantitative estimate of drug-likeness (QED) is 0.436. The molecule has 178 valence electrons. The first-order valence-corrected chi connectivity index (χ1v) is 12.6. The van der Waals surface area contributed by atoms with Crippen LogP contribution in [0.2, 0.25) is 0 Å². The van der Waals surface area contributed by atoms with Crippen molar-refractivity contribution in [3.8, 4) is 17.0 Å². The fourth-order valence-corrected chi connectivity index (χ4v) is 5.61. The Morgan fingerprint density at radius 3 is 2.56 bits per heavy atom. The summed E-state index contributed by atoms with van der Waals surface area (Å²) >= 11 is 0. The molecule has 0 aliphatic carbocycles. The minimum Gasteiger partial charge on any atom is -0.508 e. The molecule has 1 aromatic heterocycles. The molecule has 2 aliphatic heterocycles. The molecule has 2 bridgehead atoms. The van der Waals surface area contributed by atoms with E-state index in [-0.39, 0.29) is 0 Å². The lowest BCUT2D eigenvalue weighted by molar-refractivity contribution is 0.110. The number of nitrogens with zero attached hydrogens (tertiary/aromatic N) is 3. The van der Waals surface area contributed by atoms with Gasteiger partial charge in [-0.1, -0.05) is 37.3 Å². The molecule has 2 saturated heterocycles. The number of nitrogens with one attached hydrogen (secondary N) is 2. The van der Waals surface area contributed by atoms with Crippen LogP contribution in [0.1, 0.15) is 43.7 Å². The minimum atomic E-state index is 0.292. The van der Waals surface area contributed by atoms with Crippen LogP contribution in [-0.2, 0) is 13.0 Å². The topological polar surface area (TPSA) is 73.3 Å². The number of anilines is 1. The van der Waals surface area contributed by atoms with Gasteiger partial charge in [-0.15, -0.1) is 0 Å². The number of benzene rings is 2. The Labute approximate surface area is 202 Å². The molecule has 5 rings (SSSR count). The molecule has 6 heteroatoms. The number of aromatic nitrogens is 2. The standard InChI is InChI=1S/C28H35N5O/c1-2-29-23-17-24-8-9-25(18-23)33(24)19-21-4-3-5-22(16-21)27-13-15-31-28(32-27)30-14-12-20-6-10-26(34)11-7-20/h3-7,10-11,13,15-16,23-25,29,34H,2,8-9,12,14,17-19H2,1H3,(H,30,31,32). The second-order valence-electron chi connectivity index (χ2n) is 9.59. The maximum Gasteiger partial charge on any atom is 0.223 e. The summed E-state index contributed by atoms with van der Waals surface area (Å²) in [6.45, 7) is 5.03. The van der Waals surface area contributed by atoms with Gasteiger partial charge in [0.2, 0.25) is 5.95 Å². The number of rotatable bonds is 9. The van der Waals surface area contributed by atoms with E-state index in [9.17, 15) is 5.11 Å². The normalized spacial score (nSPS) is 22.1. The summed E-state index contributed by atoms with van der Waals surface area (Å²) < 4.78 is 0. The van der Waals surface area contributed by atoms with Crippen molar-refractivity contribution >= 4 is 5.95 Å². The summed E-state index contributed by atoms with van der Waals surface area (Å²) in [5.74, 6) is 0.936. The van der Waals surface area contributed by atoms with Gasteiger partial charge in [0.05, 0.1) is 5.69 Å². The van der Waals surface area contributed by atoms with Gasteiger partial charge in [-0.05, 0) is 74.0 Å². The molecule has 0 amide bonds. The zero-order valence-electron chi connectivity index (χ0n) is 20.0. The fourth-order valence-electron chi connectivity index (χ4n) is 5.61. The number of piperidine rings is 1. The van der Waals surface area contributed by atoms with Crippen LogP contribution in [0.4, 0.5) is 5.95 Å². The van der Waals surface area contributed by atoms with Gasteiger partial charge in [-0.25, -0.2) is 9.97 Å². The third-order valence-corrected chi connectivity index (χ3v) is 7.25. The summed E-state index contributed by atoms with van der Waals surface area (Å²) in [6, 6.07) is 20.2. The van der Waals surface area contributed by atoms with E-state index in [1.54, 1.807) is 12.1 Å².